The van der Waals surface area contributed by atoms with Gasteiger partial charge >= 0.3 is 0 Å². The molecule has 0 saturated heterocycles. The zero-order valence-electron chi connectivity index (χ0n) is 10.8. The summed E-state index contributed by atoms with van der Waals surface area (Å²) in [6.07, 6.45) is 0. The predicted octanol–water partition coefficient (Wildman–Crippen LogP) is 2.62. The molecular weight excluding hydrogens is 232 g/mol. The maximum atomic E-state index is 11.7. The Bertz CT molecular complexity index is 374. The first-order chi connectivity index (χ1) is 7.91. The summed E-state index contributed by atoms with van der Waals surface area (Å²) in [6.45, 7) is 6.19. The van der Waals surface area contributed by atoms with E-state index in [9.17, 15) is 4.79 Å². The molecule has 4 heteroatoms. The summed E-state index contributed by atoms with van der Waals surface area (Å²) in [7, 11) is 1.57. The molecule has 2 N–H and O–H groups in total. The van der Waals surface area contributed by atoms with E-state index in [-0.39, 0.29) is 11.8 Å². The molecule has 1 aromatic carbocycles. The lowest BCUT2D eigenvalue weighted by molar-refractivity contribution is -0.131. The average Bonchev–Trinajstić information content (AvgIpc) is 2.27. The van der Waals surface area contributed by atoms with Crippen LogP contribution < -0.4 is 5.84 Å². The Balaban J connectivity index is 2.77. The molecule has 0 radical (unpaired) electrons. The monoisotopic (exact) mass is 252 g/mol. The molecule has 0 bridgehead atoms. The van der Waals surface area contributed by atoms with Gasteiger partial charge in [-0.05, 0) is 24.6 Å². The van der Waals surface area contributed by atoms with Crippen molar-refractivity contribution in [3.63, 3.8) is 0 Å². The minimum atomic E-state index is -0.192. The number of rotatable bonds is 4. The highest BCUT2D eigenvalue weighted by Gasteiger charge is 2.17. The van der Waals surface area contributed by atoms with Gasteiger partial charge in [0.25, 0.3) is 0 Å². The average molecular weight is 252 g/mol. The van der Waals surface area contributed by atoms with Crippen LogP contribution in [0.5, 0.6) is 0 Å². The van der Waals surface area contributed by atoms with E-state index in [0.29, 0.717) is 5.25 Å². The molecule has 1 atom stereocenters. The van der Waals surface area contributed by atoms with Gasteiger partial charge in [0.15, 0.2) is 0 Å². The molecule has 1 unspecified atom stereocenters. The molecule has 0 fully saturated rings. The molecule has 0 spiro atoms. The minimum absolute atomic E-state index is 0.0748. The molecule has 0 aliphatic rings. The number of carbonyl (C=O) groups is 1. The third-order valence-electron chi connectivity index (χ3n) is 2.47. The fraction of sp³-hybridized carbons (Fsp3) is 0.462. The predicted molar refractivity (Wildman–Crippen MR) is 72.8 cm³/mol. The van der Waals surface area contributed by atoms with Crippen molar-refractivity contribution < 1.29 is 4.79 Å². The molecular formula is C13H20N2OS. The van der Waals surface area contributed by atoms with E-state index in [2.05, 4.69) is 26.0 Å². The smallest absolute Gasteiger partial charge is 0.243 e. The fourth-order valence-electron chi connectivity index (χ4n) is 1.56. The largest absolute Gasteiger partial charge is 0.283 e. The second kappa shape index (κ2) is 6.07. The number of benzene rings is 1. The van der Waals surface area contributed by atoms with E-state index in [1.165, 1.54) is 4.90 Å². The third kappa shape index (κ3) is 4.06. The number of hydrogen-bond donors (Lipinski definition) is 1. The van der Waals surface area contributed by atoms with Crippen LogP contribution in [0.25, 0.3) is 0 Å². The lowest BCUT2D eigenvalue weighted by Crippen LogP contribution is -2.36. The van der Waals surface area contributed by atoms with Gasteiger partial charge in [-0.25, -0.2) is 5.84 Å². The van der Waals surface area contributed by atoms with Crippen LogP contribution >= 0.6 is 11.8 Å². The first-order valence-corrected chi connectivity index (χ1v) is 6.58. The van der Waals surface area contributed by atoms with Crippen molar-refractivity contribution in [2.45, 2.75) is 36.8 Å². The van der Waals surface area contributed by atoms with Gasteiger partial charge in [0.05, 0.1) is 5.92 Å². The Morgan fingerprint density at radius 3 is 2.18 bits per heavy atom. The van der Waals surface area contributed by atoms with Crippen LogP contribution in [0.1, 0.15) is 32.3 Å². The Morgan fingerprint density at radius 1 is 1.24 bits per heavy atom. The van der Waals surface area contributed by atoms with Crippen molar-refractivity contribution >= 4 is 17.7 Å². The topological polar surface area (TPSA) is 46.3 Å². The third-order valence-corrected chi connectivity index (χ3v) is 3.49. The van der Waals surface area contributed by atoms with Crippen molar-refractivity contribution in [2.75, 3.05) is 7.05 Å². The van der Waals surface area contributed by atoms with Gasteiger partial charge in [-0.1, -0.05) is 26.0 Å². The summed E-state index contributed by atoms with van der Waals surface area (Å²) in [6, 6.07) is 8.11. The van der Waals surface area contributed by atoms with E-state index in [1.54, 1.807) is 7.05 Å². The van der Waals surface area contributed by atoms with E-state index >= 15 is 0 Å². The maximum absolute atomic E-state index is 11.7. The van der Waals surface area contributed by atoms with Gasteiger partial charge < -0.3 is 0 Å². The van der Waals surface area contributed by atoms with Gasteiger partial charge in [0, 0.05) is 17.2 Å². The van der Waals surface area contributed by atoms with E-state index in [4.69, 9.17) is 5.84 Å². The normalized spacial score (nSPS) is 12.6. The number of hydrogen-bond acceptors (Lipinski definition) is 3. The first kappa shape index (κ1) is 14.1. The summed E-state index contributed by atoms with van der Waals surface area (Å²) in [5.41, 5.74) is 1.00. The highest BCUT2D eigenvalue weighted by atomic mass is 32.2. The number of likely N-dealkylation sites (N-methyl/N-ethyl adjacent to an activating group) is 1. The first-order valence-electron chi connectivity index (χ1n) is 5.70. The van der Waals surface area contributed by atoms with E-state index in [1.807, 2.05) is 30.8 Å². The Kier molecular flexibility index (Phi) is 5.02. The SMILES string of the molecule is CC(C)Sc1ccc(C(C)C(=O)N(C)N)cc1. The Hall–Kier alpha value is -1.00. The summed E-state index contributed by atoms with van der Waals surface area (Å²) in [5.74, 6) is 5.18. The van der Waals surface area contributed by atoms with Crippen molar-refractivity contribution in [1.82, 2.24) is 5.01 Å². The summed E-state index contributed by atoms with van der Waals surface area (Å²) in [5, 5.41) is 1.71. The van der Waals surface area contributed by atoms with Gasteiger partial charge in [0.2, 0.25) is 5.91 Å². The molecule has 17 heavy (non-hydrogen) atoms. The maximum Gasteiger partial charge on any atom is 0.243 e. The summed E-state index contributed by atoms with van der Waals surface area (Å²) in [4.78, 5) is 12.9. The second-order valence-corrected chi connectivity index (χ2v) is 6.06. The van der Waals surface area contributed by atoms with Gasteiger partial charge in [-0.3, -0.25) is 9.80 Å². The number of nitrogens with zero attached hydrogens (tertiary/aromatic N) is 1. The van der Waals surface area contributed by atoms with Gasteiger partial charge in [-0.15, -0.1) is 11.8 Å². The van der Waals surface area contributed by atoms with Crippen LogP contribution in [0.15, 0.2) is 29.2 Å². The second-order valence-electron chi connectivity index (χ2n) is 4.41. The number of hydrazine groups is 1. The van der Waals surface area contributed by atoms with Gasteiger partial charge in [0.1, 0.15) is 0 Å². The van der Waals surface area contributed by atoms with Crippen LogP contribution in [0.3, 0.4) is 0 Å². The molecule has 3 nitrogen and oxygen atoms in total. The minimum Gasteiger partial charge on any atom is -0.283 e. The molecule has 1 rings (SSSR count). The quantitative estimate of drug-likeness (QED) is 0.388. The lowest BCUT2D eigenvalue weighted by atomic mass is 10.0. The molecule has 0 aliphatic carbocycles. The zero-order valence-corrected chi connectivity index (χ0v) is 11.6. The molecule has 0 aliphatic heterocycles. The highest BCUT2D eigenvalue weighted by molar-refractivity contribution is 7.99. The summed E-state index contributed by atoms with van der Waals surface area (Å²) < 4.78 is 0. The highest BCUT2D eigenvalue weighted by Crippen LogP contribution is 2.25. The van der Waals surface area contributed by atoms with Crippen molar-refractivity contribution in [2.24, 2.45) is 5.84 Å². The number of amides is 1. The molecule has 0 heterocycles. The zero-order chi connectivity index (χ0) is 13.0. The van der Waals surface area contributed by atoms with Crippen molar-refractivity contribution in [3.8, 4) is 0 Å². The molecule has 1 amide bonds. The Morgan fingerprint density at radius 2 is 1.76 bits per heavy atom. The van der Waals surface area contributed by atoms with Gasteiger partial charge in [-0.2, -0.15) is 0 Å². The molecule has 0 saturated carbocycles. The van der Waals surface area contributed by atoms with Crippen LogP contribution in [0.2, 0.25) is 0 Å². The number of thioether (sulfide) groups is 1. The van der Waals surface area contributed by atoms with Crippen LogP contribution in [0.4, 0.5) is 0 Å². The molecule has 0 aromatic heterocycles. The lowest BCUT2D eigenvalue weighted by Gasteiger charge is -2.17. The van der Waals surface area contributed by atoms with Crippen LogP contribution in [0, 0.1) is 0 Å². The fourth-order valence-corrected chi connectivity index (χ4v) is 2.39. The standard InChI is InChI=1S/C13H20N2OS/c1-9(2)17-12-7-5-11(6-8-12)10(3)13(16)15(4)14/h5-10H,14H2,1-4H3. The van der Waals surface area contributed by atoms with Crippen molar-refractivity contribution in [1.29, 1.82) is 0 Å². The molecule has 94 valence electrons. The van der Waals surface area contributed by atoms with Crippen molar-refractivity contribution in [3.05, 3.63) is 29.8 Å². The number of nitrogens with two attached hydrogens (primary N) is 1. The van der Waals surface area contributed by atoms with Crippen LogP contribution in [-0.2, 0) is 4.79 Å². The van der Waals surface area contributed by atoms with E-state index in [0.717, 1.165) is 10.6 Å². The number of carbonyl (C=O) groups excluding carboxylic acids is 1. The molecule has 1 aromatic rings. The summed E-state index contributed by atoms with van der Waals surface area (Å²) >= 11 is 1.81. The Labute approximate surface area is 107 Å². The van der Waals surface area contributed by atoms with E-state index < -0.39 is 0 Å². The van der Waals surface area contributed by atoms with Crippen LogP contribution in [-0.4, -0.2) is 23.2 Å².